The molecule has 0 atom stereocenters. The van der Waals surface area contributed by atoms with E-state index in [2.05, 4.69) is 25.5 Å². The number of aromatic amines is 1. The smallest absolute Gasteiger partial charge is 0.189 e. The van der Waals surface area contributed by atoms with Crippen molar-refractivity contribution in [1.29, 1.82) is 0 Å². The second kappa shape index (κ2) is 6.18. The van der Waals surface area contributed by atoms with Gasteiger partial charge in [-0.05, 0) is 32.4 Å². The number of benzene rings is 1. The molecule has 20 heavy (non-hydrogen) atoms. The van der Waals surface area contributed by atoms with Crippen molar-refractivity contribution in [3.63, 3.8) is 0 Å². The second-order valence-electron chi connectivity index (χ2n) is 4.95. The standard InChI is InChI=1S/C14H20N6/c1-9(2)17-14(15)16-8-11-5-4-6-12(7-11)13-18-10(3)19-20-13/h4-7,9H,8H2,1-3H3,(H3,15,16,17)(H,18,19,20). The highest BCUT2D eigenvalue weighted by Gasteiger charge is 2.04. The zero-order valence-electron chi connectivity index (χ0n) is 12.0. The predicted molar refractivity (Wildman–Crippen MR) is 80.2 cm³/mol. The van der Waals surface area contributed by atoms with Gasteiger partial charge in [-0.15, -0.1) is 0 Å². The maximum atomic E-state index is 5.78. The lowest BCUT2D eigenvalue weighted by Gasteiger charge is -2.08. The summed E-state index contributed by atoms with van der Waals surface area (Å²) in [4.78, 5) is 8.63. The molecule has 106 valence electrons. The van der Waals surface area contributed by atoms with Crippen LogP contribution in [-0.2, 0) is 6.54 Å². The summed E-state index contributed by atoms with van der Waals surface area (Å²) in [7, 11) is 0. The molecular formula is C14H20N6. The molecule has 6 nitrogen and oxygen atoms in total. The molecule has 0 aliphatic heterocycles. The molecule has 2 aromatic rings. The third-order valence-electron chi connectivity index (χ3n) is 2.65. The normalized spacial score (nSPS) is 11.9. The quantitative estimate of drug-likeness (QED) is 0.582. The molecule has 0 unspecified atom stereocenters. The fraction of sp³-hybridized carbons (Fsp3) is 0.357. The number of nitrogens with one attached hydrogen (secondary N) is 2. The average molecular weight is 272 g/mol. The fourth-order valence-electron chi connectivity index (χ4n) is 1.80. The Kier molecular flexibility index (Phi) is 4.34. The van der Waals surface area contributed by atoms with Gasteiger partial charge in [0.1, 0.15) is 5.82 Å². The number of aryl methyl sites for hydroxylation is 1. The van der Waals surface area contributed by atoms with Crippen molar-refractivity contribution in [2.45, 2.75) is 33.4 Å². The van der Waals surface area contributed by atoms with E-state index in [0.717, 1.165) is 17.0 Å². The minimum atomic E-state index is 0.279. The van der Waals surface area contributed by atoms with Crippen LogP contribution in [0.15, 0.2) is 29.3 Å². The first-order valence-electron chi connectivity index (χ1n) is 6.59. The van der Waals surface area contributed by atoms with Crippen molar-refractivity contribution >= 4 is 5.96 Å². The van der Waals surface area contributed by atoms with Gasteiger partial charge >= 0.3 is 0 Å². The number of rotatable bonds is 4. The SMILES string of the molecule is Cc1nc(-c2cccc(CN=C(N)NC(C)C)c2)n[nH]1. The van der Waals surface area contributed by atoms with Crippen LogP contribution in [0.1, 0.15) is 25.2 Å². The monoisotopic (exact) mass is 272 g/mol. The Labute approximate surface area is 118 Å². The number of aromatic nitrogens is 3. The van der Waals surface area contributed by atoms with Crippen molar-refractivity contribution in [3.05, 3.63) is 35.7 Å². The summed E-state index contributed by atoms with van der Waals surface area (Å²) in [6.07, 6.45) is 0. The van der Waals surface area contributed by atoms with E-state index in [-0.39, 0.29) is 6.04 Å². The Morgan fingerprint density at radius 3 is 2.90 bits per heavy atom. The Morgan fingerprint density at radius 2 is 2.25 bits per heavy atom. The van der Waals surface area contributed by atoms with Crippen LogP contribution in [0.4, 0.5) is 0 Å². The highest BCUT2D eigenvalue weighted by molar-refractivity contribution is 5.78. The molecule has 0 fully saturated rings. The van der Waals surface area contributed by atoms with Crippen LogP contribution in [0.25, 0.3) is 11.4 Å². The molecule has 0 spiro atoms. The number of aliphatic imine (C=N–C) groups is 1. The third kappa shape index (κ3) is 3.81. The molecule has 1 aromatic carbocycles. The molecule has 0 amide bonds. The van der Waals surface area contributed by atoms with E-state index in [9.17, 15) is 0 Å². The summed E-state index contributed by atoms with van der Waals surface area (Å²) >= 11 is 0. The molecule has 0 aliphatic carbocycles. The molecule has 0 radical (unpaired) electrons. The summed E-state index contributed by atoms with van der Waals surface area (Å²) in [5.74, 6) is 1.95. The molecular weight excluding hydrogens is 252 g/mol. The van der Waals surface area contributed by atoms with Gasteiger partial charge in [0.25, 0.3) is 0 Å². The first kappa shape index (κ1) is 14.0. The molecule has 1 aromatic heterocycles. The zero-order valence-corrected chi connectivity index (χ0v) is 12.0. The Hall–Kier alpha value is -2.37. The van der Waals surface area contributed by atoms with E-state index in [4.69, 9.17) is 5.73 Å². The van der Waals surface area contributed by atoms with Crippen LogP contribution in [0, 0.1) is 6.92 Å². The van der Waals surface area contributed by atoms with Gasteiger partial charge in [-0.3, -0.25) is 5.10 Å². The fourth-order valence-corrected chi connectivity index (χ4v) is 1.80. The van der Waals surface area contributed by atoms with Gasteiger partial charge in [-0.2, -0.15) is 5.10 Å². The van der Waals surface area contributed by atoms with Crippen molar-refractivity contribution in [2.24, 2.45) is 10.7 Å². The summed E-state index contributed by atoms with van der Waals surface area (Å²) in [5, 5.41) is 10.1. The first-order chi connectivity index (χ1) is 9.54. The number of nitrogens with zero attached hydrogens (tertiary/aromatic N) is 3. The summed E-state index contributed by atoms with van der Waals surface area (Å²) in [6, 6.07) is 8.26. The van der Waals surface area contributed by atoms with E-state index < -0.39 is 0 Å². The minimum Gasteiger partial charge on any atom is -0.370 e. The van der Waals surface area contributed by atoms with Crippen LogP contribution in [0.3, 0.4) is 0 Å². The number of guanidine groups is 1. The maximum absolute atomic E-state index is 5.78. The number of hydrogen-bond acceptors (Lipinski definition) is 3. The van der Waals surface area contributed by atoms with Gasteiger partial charge in [0.15, 0.2) is 11.8 Å². The highest BCUT2D eigenvalue weighted by atomic mass is 15.2. The van der Waals surface area contributed by atoms with Crippen molar-refractivity contribution < 1.29 is 0 Å². The van der Waals surface area contributed by atoms with E-state index in [1.807, 2.05) is 45.0 Å². The number of nitrogens with two attached hydrogens (primary N) is 1. The third-order valence-corrected chi connectivity index (χ3v) is 2.65. The molecule has 0 saturated carbocycles. The van der Waals surface area contributed by atoms with Crippen molar-refractivity contribution in [1.82, 2.24) is 20.5 Å². The van der Waals surface area contributed by atoms with E-state index in [1.165, 1.54) is 0 Å². The number of hydrogen-bond donors (Lipinski definition) is 3. The molecule has 2 rings (SSSR count). The maximum Gasteiger partial charge on any atom is 0.189 e. The van der Waals surface area contributed by atoms with Crippen LogP contribution < -0.4 is 11.1 Å². The van der Waals surface area contributed by atoms with Gasteiger partial charge in [0.2, 0.25) is 0 Å². The molecule has 0 saturated heterocycles. The average Bonchev–Trinajstić information content (AvgIpc) is 2.83. The molecule has 0 bridgehead atoms. The summed E-state index contributed by atoms with van der Waals surface area (Å²) in [6.45, 7) is 6.45. The van der Waals surface area contributed by atoms with Crippen LogP contribution in [-0.4, -0.2) is 27.2 Å². The van der Waals surface area contributed by atoms with Gasteiger partial charge in [-0.1, -0.05) is 18.2 Å². The van der Waals surface area contributed by atoms with Gasteiger partial charge in [-0.25, -0.2) is 9.98 Å². The number of H-pyrrole nitrogens is 1. The summed E-state index contributed by atoms with van der Waals surface area (Å²) < 4.78 is 0. The Balaban J connectivity index is 2.10. The zero-order chi connectivity index (χ0) is 14.5. The van der Waals surface area contributed by atoms with Crippen molar-refractivity contribution in [2.75, 3.05) is 0 Å². The van der Waals surface area contributed by atoms with Gasteiger partial charge < -0.3 is 11.1 Å². The molecule has 0 aliphatic rings. The Morgan fingerprint density at radius 1 is 1.45 bits per heavy atom. The lowest BCUT2D eigenvalue weighted by Crippen LogP contribution is -2.36. The molecule has 6 heteroatoms. The largest absolute Gasteiger partial charge is 0.370 e. The van der Waals surface area contributed by atoms with Crippen molar-refractivity contribution in [3.8, 4) is 11.4 Å². The van der Waals surface area contributed by atoms with E-state index >= 15 is 0 Å². The predicted octanol–water partition coefficient (Wildman–Crippen LogP) is 1.59. The minimum absolute atomic E-state index is 0.279. The second-order valence-corrected chi connectivity index (χ2v) is 4.95. The lowest BCUT2D eigenvalue weighted by atomic mass is 10.1. The van der Waals surface area contributed by atoms with Crippen LogP contribution in [0.2, 0.25) is 0 Å². The topological polar surface area (TPSA) is 92.0 Å². The Bertz CT molecular complexity index is 599. The molecule has 1 heterocycles. The van der Waals surface area contributed by atoms with Crippen LogP contribution >= 0.6 is 0 Å². The first-order valence-corrected chi connectivity index (χ1v) is 6.59. The highest BCUT2D eigenvalue weighted by Crippen LogP contribution is 2.16. The lowest BCUT2D eigenvalue weighted by molar-refractivity contribution is 0.723. The molecule has 4 N–H and O–H groups in total. The van der Waals surface area contributed by atoms with Gasteiger partial charge in [0.05, 0.1) is 6.54 Å². The summed E-state index contributed by atoms with van der Waals surface area (Å²) in [5.41, 5.74) is 7.82. The van der Waals surface area contributed by atoms with Gasteiger partial charge in [0, 0.05) is 11.6 Å². The van der Waals surface area contributed by atoms with Crippen LogP contribution in [0.5, 0.6) is 0 Å². The van der Waals surface area contributed by atoms with E-state index in [0.29, 0.717) is 18.3 Å². The van der Waals surface area contributed by atoms with E-state index in [1.54, 1.807) is 0 Å².